The average Bonchev–Trinajstić information content (AvgIpc) is 2.22. The molecule has 0 spiro atoms. The molecule has 22 heavy (non-hydrogen) atoms. The maximum atomic E-state index is 12.9. The standard InChI is InChI=1S/C10H7F6IO4S/c11-9(12,13)8(10(14,15)16,5-22(18,19)20)21-7-3-1-2-6(17)4-7/h1-4H,5H2,(H,18,19,20)/p-1. The highest BCUT2D eigenvalue weighted by Crippen LogP contribution is 2.47. The molecular formula is C10H6F6IO4S-. The van der Waals surface area contributed by atoms with Gasteiger partial charge in [0, 0.05) is 3.57 Å². The molecule has 126 valence electrons. The molecule has 0 aliphatic heterocycles. The highest BCUT2D eigenvalue weighted by molar-refractivity contribution is 14.1. The number of ether oxygens (including phenoxy) is 1. The monoisotopic (exact) mass is 463 g/mol. The van der Waals surface area contributed by atoms with E-state index in [2.05, 4.69) is 4.74 Å². The molecule has 0 amide bonds. The van der Waals surface area contributed by atoms with Gasteiger partial charge in [-0.2, -0.15) is 26.3 Å². The van der Waals surface area contributed by atoms with E-state index in [0.717, 1.165) is 18.2 Å². The summed E-state index contributed by atoms with van der Waals surface area (Å²) in [6.07, 6.45) is -12.4. The third-order valence-corrected chi connectivity index (χ3v) is 3.82. The van der Waals surface area contributed by atoms with E-state index < -0.39 is 39.6 Å². The van der Waals surface area contributed by atoms with Crippen LogP contribution in [-0.2, 0) is 10.1 Å². The molecule has 0 radical (unpaired) electrons. The topological polar surface area (TPSA) is 66.4 Å². The van der Waals surface area contributed by atoms with E-state index in [0.29, 0.717) is 0 Å². The maximum absolute atomic E-state index is 12.9. The molecule has 1 aromatic carbocycles. The molecule has 0 saturated carbocycles. The molecule has 0 aromatic heterocycles. The van der Waals surface area contributed by atoms with Gasteiger partial charge in [0.15, 0.2) is 0 Å². The Balaban J connectivity index is 3.49. The quantitative estimate of drug-likeness (QED) is 0.391. The first-order valence-electron chi connectivity index (χ1n) is 5.19. The Bertz CT molecular complexity index is 626. The predicted octanol–water partition coefficient (Wildman–Crippen LogP) is 3.08. The van der Waals surface area contributed by atoms with Crippen molar-refractivity contribution in [2.45, 2.75) is 18.0 Å². The van der Waals surface area contributed by atoms with Crippen molar-refractivity contribution in [3.8, 4) is 5.75 Å². The van der Waals surface area contributed by atoms with E-state index in [1.54, 1.807) is 22.6 Å². The summed E-state index contributed by atoms with van der Waals surface area (Å²) >= 11 is 1.60. The van der Waals surface area contributed by atoms with E-state index in [1.807, 2.05) is 0 Å². The summed E-state index contributed by atoms with van der Waals surface area (Å²) in [4.78, 5) is 0. The van der Waals surface area contributed by atoms with Crippen molar-refractivity contribution < 1.29 is 44.0 Å². The zero-order valence-electron chi connectivity index (χ0n) is 10.2. The lowest BCUT2D eigenvalue weighted by molar-refractivity contribution is -0.348. The van der Waals surface area contributed by atoms with Crippen molar-refractivity contribution in [3.63, 3.8) is 0 Å². The number of benzene rings is 1. The smallest absolute Gasteiger partial charge is 0.438 e. The fourth-order valence-electron chi connectivity index (χ4n) is 1.45. The highest BCUT2D eigenvalue weighted by atomic mass is 127. The van der Waals surface area contributed by atoms with Crippen LogP contribution in [0.25, 0.3) is 0 Å². The minimum atomic E-state index is -6.18. The Labute approximate surface area is 134 Å². The Kier molecular flexibility index (Phi) is 5.29. The number of halogens is 7. The van der Waals surface area contributed by atoms with Crippen molar-refractivity contribution in [1.29, 1.82) is 0 Å². The lowest BCUT2D eigenvalue weighted by Gasteiger charge is -2.37. The van der Waals surface area contributed by atoms with Crippen LogP contribution in [0.5, 0.6) is 5.75 Å². The van der Waals surface area contributed by atoms with Crippen molar-refractivity contribution >= 4 is 32.7 Å². The van der Waals surface area contributed by atoms with Gasteiger partial charge in [-0.15, -0.1) is 0 Å². The Hall–Kier alpha value is -0.760. The zero-order chi connectivity index (χ0) is 17.4. The van der Waals surface area contributed by atoms with Gasteiger partial charge in [-0.1, -0.05) is 6.07 Å². The second-order valence-corrected chi connectivity index (χ2v) is 6.73. The minimum absolute atomic E-state index is 0.248. The molecule has 0 aliphatic rings. The molecule has 0 fully saturated rings. The molecule has 1 rings (SSSR count). The summed E-state index contributed by atoms with van der Waals surface area (Å²) in [6, 6.07) is 4.09. The summed E-state index contributed by atoms with van der Waals surface area (Å²) in [6.45, 7) is 0. The minimum Gasteiger partial charge on any atom is -0.748 e. The molecule has 0 atom stereocenters. The fourth-order valence-corrected chi connectivity index (χ4v) is 2.85. The third kappa shape index (κ3) is 4.38. The number of hydrogen-bond donors (Lipinski definition) is 0. The van der Waals surface area contributed by atoms with Gasteiger partial charge in [0.2, 0.25) is 0 Å². The summed E-state index contributed by atoms with van der Waals surface area (Å²) in [7, 11) is -5.90. The summed E-state index contributed by atoms with van der Waals surface area (Å²) < 4.78 is 114. The van der Waals surface area contributed by atoms with Crippen LogP contribution < -0.4 is 4.74 Å². The van der Waals surface area contributed by atoms with Gasteiger partial charge < -0.3 is 9.29 Å². The van der Waals surface area contributed by atoms with Crippen LogP contribution in [-0.4, -0.2) is 36.7 Å². The van der Waals surface area contributed by atoms with E-state index in [-0.39, 0.29) is 3.57 Å². The molecule has 0 aliphatic carbocycles. The highest BCUT2D eigenvalue weighted by Gasteiger charge is 2.74. The summed E-state index contributed by atoms with van der Waals surface area (Å²) in [5.41, 5.74) is -5.15. The van der Waals surface area contributed by atoms with Crippen LogP contribution in [0.15, 0.2) is 24.3 Å². The van der Waals surface area contributed by atoms with Gasteiger partial charge in [0.25, 0.3) is 0 Å². The molecule has 0 N–H and O–H groups in total. The largest absolute Gasteiger partial charge is 0.748 e. The maximum Gasteiger partial charge on any atom is 0.438 e. The van der Waals surface area contributed by atoms with Crippen molar-refractivity contribution in [2.75, 3.05) is 5.75 Å². The van der Waals surface area contributed by atoms with E-state index in [4.69, 9.17) is 0 Å². The Morgan fingerprint density at radius 2 is 1.59 bits per heavy atom. The van der Waals surface area contributed by atoms with Crippen LogP contribution >= 0.6 is 22.6 Å². The molecule has 1 aromatic rings. The van der Waals surface area contributed by atoms with Crippen LogP contribution in [0.3, 0.4) is 0 Å². The van der Waals surface area contributed by atoms with Crippen LogP contribution in [0.2, 0.25) is 0 Å². The van der Waals surface area contributed by atoms with Crippen molar-refractivity contribution in [2.24, 2.45) is 0 Å². The molecule has 0 unspecified atom stereocenters. The van der Waals surface area contributed by atoms with Crippen LogP contribution in [0, 0.1) is 3.57 Å². The summed E-state index contributed by atoms with van der Waals surface area (Å²) in [5.74, 6) is -3.69. The first-order valence-corrected chi connectivity index (χ1v) is 7.85. The Morgan fingerprint density at radius 3 is 1.95 bits per heavy atom. The van der Waals surface area contributed by atoms with Gasteiger partial charge in [-0.05, 0) is 40.8 Å². The van der Waals surface area contributed by atoms with Gasteiger partial charge in [-0.25, -0.2) is 8.42 Å². The molecule has 0 bridgehead atoms. The second kappa shape index (κ2) is 6.03. The number of hydrogen-bond acceptors (Lipinski definition) is 4. The van der Waals surface area contributed by atoms with E-state index in [9.17, 15) is 39.3 Å². The molecule has 4 nitrogen and oxygen atoms in total. The van der Waals surface area contributed by atoms with Crippen LogP contribution in [0.1, 0.15) is 0 Å². The number of rotatable bonds is 4. The zero-order valence-corrected chi connectivity index (χ0v) is 13.2. The first kappa shape index (κ1) is 19.3. The van der Waals surface area contributed by atoms with Gasteiger partial charge in [-0.3, -0.25) is 0 Å². The second-order valence-electron chi connectivity index (χ2n) is 4.08. The Morgan fingerprint density at radius 1 is 1.09 bits per heavy atom. The first-order chi connectivity index (χ1) is 9.68. The lowest BCUT2D eigenvalue weighted by atomic mass is 10.1. The van der Waals surface area contributed by atoms with Gasteiger partial charge >= 0.3 is 18.0 Å². The molecule has 0 heterocycles. The predicted molar refractivity (Wildman–Crippen MR) is 69.2 cm³/mol. The van der Waals surface area contributed by atoms with E-state index in [1.165, 1.54) is 6.07 Å². The molecule has 0 saturated heterocycles. The fraction of sp³-hybridized carbons (Fsp3) is 0.400. The number of alkyl halides is 6. The van der Waals surface area contributed by atoms with E-state index >= 15 is 0 Å². The SMILES string of the molecule is O=S(=O)([O-])CC(Oc1cccc(I)c1)(C(F)(F)F)C(F)(F)F. The lowest BCUT2D eigenvalue weighted by Crippen LogP contribution is -2.64. The van der Waals surface area contributed by atoms with Gasteiger partial charge in [0.05, 0.1) is 15.9 Å². The van der Waals surface area contributed by atoms with Crippen LogP contribution in [0.4, 0.5) is 26.3 Å². The van der Waals surface area contributed by atoms with Gasteiger partial charge in [0.1, 0.15) is 5.75 Å². The van der Waals surface area contributed by atoms with Crippen molar-refractivity contribution in [1.82, 2.24) is 0 Å². The average molecular weight is 463 g/mol. The molecule has 12 heteroatoms. The van der Waals surface area contributed by atoms with Crippen molar-refractivity contribution in [3.05, 3.63) is 27.8 Å². The normalized spacial score (nSPS) is 14.0. The third-order valence-electron chi connectivity index (χ3n) is 2.38. The summed E-state index contributed by atoms with van der Waals surface area (Å²) in [5, 5.41) is 0. The molecular weight excluding hydrogens is 457 g/mol.